The number of aromatic nitrogens is 2. The summed E-state index contributed by atoms with van der Waals surface area (Å²) in [5.74, 6) is -0.239. The maximum atomic E-state index is 12.7. The summed E-state index contributed by atoms with van der Waals surface area (Å²) in [7, 11) is 1.91. The fourth-order valence-electron chi connectivity index (χ4n) is 1.14. The first-order chi connectivity index (χ1) is 5.68. The molecule has 0 fully saturated rings. The molecular weight excluding hydrogens is 270 g/mol. The third kappa shape index (κ3) is 1.10. The average molecular weight is 276 g/mol. The minimum absolute atomic E-state index is 0.239. The van der Waals surface area contributed by atoms with Crippen LogP contribution in [0.5, 0.6) is 0 Å². The molecule has 0 radical (unpaired) electrons. The van der Waals surface area contributed by atoms with Crippen LogP contribution < -0.4 is 0 Å². The Kier molecular flexibility index (Phi) is 1.79. The maximum absolute atomic E-state index is 12.7. The maximum Gasteiger partial charge on any atom is 0.172 e. The predicted octanol–water partition coefficient (Wildman–Crippen LogP) is 2.32. The smallest absolute Gasteiger partial charge is 0.172 e. The molecule has 2 rings (SSSR count). The van der Waals surface area contributed by atoms with E-state index in [0.717, 1.165) is 9.35 Å². The molecule has 12 heavy (non-hydrogen) atoms. The van der Waals surface area contributed by atoms with Crippen LogP contribution in [-0.4, -0.2) is 9.55 Å². The molecule has 0 amide bonds. The van der Waals surface area contributed by atoms with Gasteiger partial charge >= 0.3 is 0 Å². The second-order valence-corrected chi connectivity index (χ2v) is 3.54. The van der Waals surface area contributed by atoms with Crippen molar-refractivity contribution in [1.82, 2.24) is 9.55 Å². The van der Waals surface area contributed by atoms with Gasteiger partial charge in [-0.05, 0) is 34.7 Å². The molecule has 0 saturated heterocycles. The van der Waals surface area contributed by atoms with Gasteiger partial charge in [0, 0.05) is 13.1 Å². The van der Waals surface area contributed by atoms with Gasteiger partial charge in [-0.2, -0.15) is 0 Å². The number of hydrogen-bond acceptors (Lipinski definition) is 1. The van der Waals surface area contributed by atoms with Gasteiger partial charge in [0.05, 0.1) is 11.0 Å². The molecule has 0 bridgehead atoms. The number of fused-ring (bicyclic) bond motifs is 1. The summed E-state index contributed by atoms with van der Waals surface area (Å²) < 4.78 is 15.5. The lowest BCUT2D eigenvalue weighted by Crippen LogP contribution is -1.89. The van der Waals surface area contributed by atoms with Crippen molar-refractivity contribution >= 4 is 33.6 Å². The Balaban J connectivity index is 2.87. The lowest BCUT2D eigenvalue weighted by molar-refractivity contribution is 0.629. The molecule has 2 aromatic rings. The number of hydrogen-bond donors (Lipinski definition) is 0. The number of benzene rings is 1. The van der Waals surface area contributed by atoms with Crippen molar-refractivity contribution in [2.45, 2.75) is 0 Å². The van der Waals surface area contributed by atoms with Gasteiger partial charge in [0.25, 0.3) is 0 Å². The van der Waals surface area contributed by atoms with E-state index in [1.165, 1.54) is 12.1 Å². The summed E-state index contributed by atoms with van der Waals surface area (Å²) in [4.78, 5) is 4.18. The Bertz CT molecular complexity index is 436. The second kappa shape index (κ2) is 2.69. The number of aryl methyl sites for hydroxylation is 1. The Morgan fingerprint density at radius 3 is 3.00 bits per heavy atom. The van der Waals surface area contributed by atoms with E-state index < -0.39 is 0 Å². The van der Waals surface area contributed by atoms with E-state index in [0.29, 0.717) is 5.52 Å². The van der Waals surface area contributed by atoms with Gasteiger partial charge < -0.3 is 4.57 Å². The van der Waals surface area contributed by atoms with Crippen molar-refractivity contribution in [1.29, 1.82) is 0 Å². The molecule has 1 aromatic heterocycles. The van der Waals surface area contributed by atoms with Gasteiger partial charge in [0.15, 0.2) is 3.83 Å². The van der Waals surface area contributed by atoms with Crippen LogP contribution in [0.3, 0.4) is 0 Å². The highest BCUT2D eigenvalue weighted by Gasteiger charge is 2.04. The van der Waals surface area contributed by atoms with Gasteiger partial charge in [0.2, 0.25) is 0 Å². The zero-order valence-corrected chi connectivity index (χ0v) is 8.54. The number of halogens is 2. The number of imidazole rings is 1. The lowest BCUT2D eigenvalue weighted by atomic mass is 10.3. The molecule has 1 heterocycles. The molecule has 0 aliphatic rings. The molecule has 4 heteroatoms. The number of rotatable bonds is 0. The van der Waals surface area contributed by atoms with Gasteiger partial charge in [-0.25, -0.2) is 9.37 Å². The molecule has 0 aliphatic heterocycles. The van der Waals surface area contributed by atoms with E-state index in [4.69, 9.17) is 0 Å². The third-order valence-electron chi connectivity index (χ3n) is 1.79. The fourth-order valence-corrected chi connectivity index (χ4v) is 1.66. The van der Waals surface area contributed by atoms with Crippen molar-refractivity contribution in [2.75, 3.05) is 0 Å². The molecule has 0 spiro atoms. The summed E-state index contributed by atoms with van der Waals surface area (Å²) >= 11 is 2.12. The summed E-state index contributed by atoms with van der Waals surface area (Å²) in [6, 6.07) is 4.62. The molecule has 1 aromatic carbocycles. The molecule has 0 N–H and O–H groups in total. The van der Waals surface area contributed by atoms with E-state index in [2.05, 4.69) is 27.6 Å². The van der Waals surface area contributed by atoms with Gasteiger partial charge in [-0.1, -0.05) is 0 Å². The van der Waals surface area contributed by atoms with Gasteiger partial charge in [-0.3, -0.25) is 0 Å². The van der Waals surface area contributed by atoms with Crippen LogP contribution in [0.1, 0.15) is 0 Å². The standard InChI is InChI=1S/C8H6FIN2/c1-12-7-3-2-5(9)4-6(7)11-8(12)10/h2-4H,1H3. The highest BCUT2D eigenvalue weighted by molar-refractivity contribution is 14.1. The molecule has 2 nitrogen and oxygen atoms in total. The Labute approximate surface area is 82.5 Å². The summed E-state index contributed by atoms with van der Waals surface area (Å²) in [5.41, 5.74) is 1.67. The van der Waals surface area contributed by atoms with E-state index in [1.807, 2.05) is 11.6 Å². The van der Waals surface area contributed by atoms with Crippen molar-refractivity contribution in [3.05, 3.63) is 27.8 Å². The van der Waals surface area contributed by atoms with E-state index in [1.54, 1.807) is 6.07 Å². The SMILES string of the molecule is Cn1c(I)nc2cc(F)ccc21. The zero-order chi connectivity index (χ0) is 8.72. The zero-order valence-electron chi connectivity index (χ0n) is 6.38. The molecule has 0 saturated carbocycles. The van der Waals surface area contributed by atoms with Crippen molar-refractivity contribution in [3.8, 4) is 0 Å². The fraction of sp³-hybridized carbons (Fsp3) is 0.125. The van der Waals surface area contributed by atoms with E-state index in [-0.39, 0.29) is 5.82 Å². The highest BCUT2D eigenvalue weighted by atomic mass is 127. The Morgan fingerprint density at radius 1 is 1.50 bits per heavy atom. The van der Waals surface area contributed by atoms with Crippen LogP contribution >= 0.6 is 22.6 Å². The van der Waals surface area contributed by atoms with Crippen LogP contribution in [-0.2, 0) is 7.05 Å². The topological polar surface area (TPSA) is 17.8 Å². The Hall–Kier alpha value is -0.650. The lowest BCUT2D eigenvalue weighted by Gasteiger charge is -1.93. The van der Waals surface area contributed by atoms with Crippen LogP contribution in [0.25, 0.3) is 11.0 Å². The van der Waals surface area contributed by atoms with Crippen LogP contribution in [0.4, 0.5) is 4.39 Å². The minimum atomic E-state index is -0.239. The molecule has 62 valence electrons. The summed E-state index contributed by atoms with van der Waals surface area (Å²) in [5, 5.41) is 0. The highest BCUT2D eigenvalue weighted by Crippen LogP contribution is 2.16. The third-order valence-corrected chi connectivity index (χ3v) is 2.75. The first-order valence-corrected chi connectivity index (χ1v) is 4.54. The van der Waals surface area contributed by atoms with E-state index >= 15 is 0 Å². The van der Waals surface area contributed by atoms with Crippen molar-refractivity contribution < 1.29 is 4.39 Å². The molecular formula is C8H6FIN2. The predicted molar refractivity (Wildman–Crippen MR) is 53.4 cm³/mol. The average Bonchev–Trinajstić information content (AvgIpc) is 2.28. The van der Waals surface area contributed by atoms with Crippen LogP contribution in [0.2, 0.25) is 0 Å². The largest absolute Gasteiger partial charge is 0.322 e. The molecule has 0 aliphatic carbocycles. The second-order valence-electron chi connectivity index (χ2n) is 2.57. The van der Waals surface area contributed by atoms with Crippen LogP contribution in [0, 0.1) is 9.65 Å². The van der Waals surface area contributed by atoms with E-state index in [9.17, 15) is 4.39 Å². The van der Waals surface area contributed by atoms with Crippen molar-refractivity contribution in [3.63, 3.8) is 0 Å². The quantitative estimate of drug-likeness (QED) is 0.675. The monoisotopic (exact) mass is 276 g/mol. The Morgan fingerprint density at radius 2 is 2.25 bits per heavy atom. The summed E-state index contributed by atoms with van der Waals surface area (Å²) in [6.07, 6.45) is 0. The minimum Gasteiger partial charge on any atom is -0.322 e. The first kappa shape index (κ1) is 7.97. The van der Waals surface area contributed by atoms with Crippen LogP contribution in [0.15, 0.2) is 18.2 Å². The summed E-state index contributed by atoms with van der Waals surface area (Å²) in [6.45, 7) is 0. The number of nitrogens with zero attached hydrogens (tertiary/aromatic N) is 2. The molecule has 0 atom stereocenters. The van der Waals surface area contributed by atoms with Gasteiger partial charge in [-0.15, -0.1) is 0 Å². The normalized spacial score (nSPS) is 10.9. The van der Waals surface area contributed by atoms with Crippen molar-refractivity contribution in [2.24, 2.45) is 7.05 Å². The van der Waals surface area contributed by atoms with Gasteiger partial charge in [0.1, 0.15) is 5.82 Å². The first-order valence-electron chi connectivity index (χ1n) is 3.46. The molecule has 0 unspecified atom stereocenters.